The number of carboxylic acids is 2. The van der Waals surface area contributed by atoms with Gasteiger partial charge in [0, 0.05) is 63.7 Å². The van der Waals surface area contributed by atoms with Gasteiger partial charge in [0.15, 0.2) is 30.2 Å². The number of terminal acetylenes is 1. The molecule has 1 saturated heterocycles. The quantitative estimate of drug-likeness (QED) is 0.0121. The van der Waals surface area contributed by atoms with Crippen LogP contribution in [0.25, 0.3) is 0 Å². The Labute approximate surface area is 465 Å². The van der Waals surface area contributed by atoms with Gasteiger partial charge in [0.1, 0.15) is 36.5 Å². The van der Waals surface area contributed by atoms with Crippen molar-refractivity contribution in [2.75, 3.05) is 92.2 Å². The maximum atomic E-state index is 13.9. The molecule has 3 heterocycles. The lowest BCUT2D eigenvalue weighted by Gasteiger charge is -2.39. The van der Waals surface area contributed by atoms with Crippen molar-refractivity contribution in [1.82, 2.24) is 20.9 Å². The number of Topliss-reactive ketones (excluding diaryl/α,β-unsaturated/α-hetero) is 2. The number of ketones is 2. The van der Waals surface area contributed by atoms with Gasteiger partial charge in [-0.3, -0.25) is 19.2 Å². The molecule has 0 aromatic rings. The predicted octanol–water partition coefficient (Wildman–Crippen LogP) is -5.10. The Kier molecular flexibility index (Phi) is 29.6. The number of aliphatic hydroxyl groups excluding tert-OH is 4. The van der Waals surface area contributed by atoms with E-state index in [4.69, 9.17) is 67.3 Å². The lowest BCUT2D eigenvalue weighted by Crippen LogP contribution is -2.61. The Morgan fingerprint density at radius 1 is 0.691 bits per heavy atom. The van der Waals surface area contributed by atoms with E-state index in [1.54, 1.807) is 0 Å². The first-order chi connectivity index (χ1) is 38.5. The van der Waals surface area contributed by atoms with Crippen molar-refractivity contribution in [2.45, 2.75) is 101 Å². The number of aliphatic carboxylic acids is 2. The van der Waals surface area contributed by atoms with Gasteiger partial charge in [-0.2, -0.15) is 0 Å². The molecule has 3 aliphatic rings. The van der Waals surface area contributed by atoms with Gasteiger partial charge in [0.2, 0.25) is 23.3 Å². The lowest BCUT2D eigenvalue weighted by atomic mass is 9.85. The number of carbonyl (C=O) groups is 8. The highest BCUT2D eigenvalue weighted by Crippen LogP contribution is 2.32. The fourth-order valence-corrected chi connectivity index (χ4v) is 8.72. The number of hydrogen-bond acceptors (Lipinski definition) is 22. The van der Waals surface area contributed by atoms with Gasteiger partial charge in [-0.1, -0.05) is 12.8 Å². The van der Waals surface area contributed by atoms with Crippen LogP contribution in [0, 0.1) is 30.1 Å². The van der Waals surface area contributed by atoms with Gasteiger partial charge in [-0.05, 0) is 25.0 Å². The topological polar surface area (TPSA) is 500 Å². The Bertz CT molecular complexity index is 2290. The monoisotopic (exact) mass is 1160 g/mol. The number of guanidine groups is 2. The molecule has 0 bridgehead atoms. The molecular weight excluding hydrogens is 1080 g/mol. The molecule has 0 aromatic heterocycles. The Morgan fingerprint density at radius 3 is 1.57 bits per heavy atom. The number of rotatable bonds is 36. The molecule has 0 spiro atoms. The molecule has 0 saturated carbocycles. The highest BCUT2D eigenvalue weighted by molar-refractivity contribution is 5.92. The third-order valence-electron chi connectivity index (χ3n) is 12.6. The molecule has 1 fully saturated rings. The summed E-state index contributed by atoms with van der Waals surface area (Å²) in [7, 11) is 0. The first-order valence-corrected chi connectivity index (χ1v) is 25.8. The zero-order valence-electron chi connectivity index (χ0n) is 45.0. The third kappa shape index (κ3) is 23.0. The molecule has 4 amide bonds. The number of nitrogens with two attached hydrogens (primary N) is 4. The second kappa shape index (κ2) is 35.4. The van der Waals surface area contributed by atoms with Crippen LogP contribution in [0.4, 0.5) is 9.59 Å². The average Bonchev–Trinajstić information content (AvgIpc) is 3.92. The maximum Gasteiger partial charge on any atom is 0.407 e. The first kappa shape index (κ1) is 67.9. The molecule has 0 aliphatic carbocycles. The molecule has 0 aromatic carbocycles. The summed E-state index contributed by atoms with van der Waals surface area (Å²) in [5.41, 5.74) is 22.1. The summed E-state index contributed by atoms with van der Waals surface area (Å²) >= 11 is 0. The molecule has 32 nitrogen and oxygen atoms in total. The van der Waals surface area contributed by atoms with Gasteiger partial charge in [-0.25, -0.2) is 29.2 Å². The largest absolute Gasteiger partial charge is 0.479 e. The second-order valence-corrected chi connectivity index (χ2v) is 18.6. The van der Waals surface area contributed by atoms with Crippen molar-refractivity contribution in [3.63, 3.8) is 0 Å². The fourth-order valence-electron chi connectivity index (χ4n) is 8.72. The van der Waals surface area contributed by atoms with E-state index >= 15 is 0 Å². The number of carbonyl (C=O) groups excluding carboxylic acids is 6. The van der Waals surface area contributed by atoms with Crippen LogP contribution in [0.15, 0.2) is 33.7 Å². The zero-order chi connectivity index (χ0) is 60.2. The number of ether oxygens (including phenoxy) is 8. The molecule has 3 aliphatic heterocycles. The van der Waals surface area contributed by atoms with Crippen molar-refractivity contribution in [2.24, 2.45) is 50.7 Å². The number of hydrogen-bond donors (Lipinski definition) is 13. The number of nitrogens with zero attached hydrogens (tertiary/aromatic N) is 3. The smallest absolute Gasteiger partial charge is 0.407 e. The zero-order valence-corrected chi connectivity index (χ0v) is 45.0. The van der Waals surface area contributed by atoms with Crippen LogP contribution >= 0.6 is 0 Å². The number of aliphatic imine (C=N–C) groups is 2. The number of likely N-dealkylation sites (tertiary alicyclic amines) is 1. The normalized spacial score (nSPS) is 22.7. The Morgan fingerprint density at radius 2 is 1.12 bits per heavy atom. The van der Waals surface area contributed by atoms with Crippen LogP contribution in [0.2, 0.25) is 0 Å². The third-order valence-corrected chi connectivity index (χ3v) is 12.6. The van der Waals surface area contributed by atoms with Crippen LogP contribution in [0.5, 0.6) is 0 Å². The van der Waals surface area contributed by atoms with E-state index in [-0.39, 0.29) is 97.3 Å². The standard InChI is InChI=1S/C49H76N10O22/c1-4-12-74-14-16-76-18-19-77-17-15-75-13-9-38(67)59-22-28(32(63)7-5-10-54-48(72)80-41(34(65)24-60)40-26(2)30(57-46(50)51)20-36(78-40)44(68)69)29(23-59)33(64)8-6-11-55-49(73)81-42(35(66)25-61)43-39(56-27(3)62)31(58-47(52)53)21-37(79-43)45(70)71/h1,20-21,26,28-31,34-35,39-43,60-61,65-66H,5-19,22-25H2,2-3H3,(H,54,72)(H,55,73)(H,56,62)(H,68,69)(H,70,71)(H4,50,51,57)(H4,52,53,58)/t26-,28-,29+,30+,31+,34-,35-,39-,40-,41-,42-,43-/m1/s1. The molecule has 0 unspecified atom stereocenters. The van der Waals surface area contributed by atoms with Crippen LogP contribution < -0.4 is 38.9 Å². The molecular formula is C49H76N10O22. The summed E-state index contributed by atoms with van der Waals surface area (Å²) in [5.74, 6) is -7.78. The summed E-state index contributed by atoms with van der Waals surface area (Å²) in [4.78, 5) is 113. The lowest BCUT2D eigenvalue weighted by molar-refractivity contribution is -0.147. The van der Waals surface area contributed by atoms with Crippen molar-refractivity contribution in [3.8, 4) is 12.3 Å². The van der Waals surface area contributed by atoms with Crippen molar-refractivity contribution >= 4 is 59.4 Å². The average molecular weight is 1160 g/mol. The number of aliphatic hydroxyl groups is 4. The predicted molar refractivity (Wildman–Crippen MR) is 279 cm³/mol. The minimum absolute atomic E-state index is 0.00997. The second-order valence-electron chi connectivity index (χ2n) is 18.6. The summed E-state index contributed by atoms with van der Waals surface area (Å²) < 4.78 is 43.4. The number of amides is 4. The highest BCUT2D eigenvalue weighted by atomic mass is 16.6. The van der Waals surface area contributed by atoms with E-state index in [0.29, 0.717) is 19.8 Å². The Balaban J connectivity index is 1.67. The molecule has 17 N–H and O–H groups in total. The summed E-state index contributed by atoms with van der Waals surface area (Å²) in [6.07, 6.45) is -5.94. The van der Waals surface area contributed by atoms with Crippen LogP contribution in [0.1, 0.15) is 46.0 Å². The van der Waals surface area contributed by atoms with Crippen LogP contribution in [-0.4, -0.2) is 242 Å². The van der Waals surface area contributed by atoms with E-state index in [1.165, 1.54) is 11.8 Å². The van der Waals surface area contributed by atoms with E-state index < -0.39 is 151 Å². The molecule has 3 rings (SSSR count). The highest BCUT2D eigenvalue weighted by Gasteiger charge is 2.48. The van der Waals surface area contributed by atoms with Gasteiger partial charge in [0.25, 0.3) is 0 Å². The minimum atomic E-state index is -1.91. The number of nitrogens with one attached hydrogen (secondary N) is 3. The Hall–Kier alpha value is -7.38. The van der Waals surface area contributed by atoms with Gasteiger partial charge >= 0.3 is 24.1 Å². The summed E-state index contributed by atoms with van der Waals surface area (Å²) in [6.45, 7) is 1.77. The van der Waals surface area contributed by atoms with Crippen molar-refractivity contribution < 1.29 is 107 Å². The molecule has 81 heavy (non-hydrogen) atoms. The molecule has 454 valence electrons. The van der Waals surface area contributed by atoms with Crippen LogP contribution in [0.3, 0.4) is 0 Å². The van der Waals surface area contributed by atoms with E-state index in [9.17, 15) is 69.0 Å². The molecule has 32 heteroatoms. The van der Waals surface area contributed by atoms with Crippen LogP contribution in [-0.2, 0) is 66.7 Å². The summed E-state index contributed by atoms with van der Waals surface area (Å²) in [6, 6.07) is -3.63. The molecule has 12 atom stereocenters. The number of alkyl carbamates (subject to hydrolysis) is 2. The van der Waals surface area contributed by atoms with Crippen molar-refractivity contribution in [3.05, 3.63) is 23.7 Å². The fraction of sp³-hybridized carbons (Fsp3) is 0.673. The molecule has 0 radical (unpaired) electrons. The minimum Gasteiger partial charge on any atom is -0.479 e. The SMILES string of the molecule is C#CCOCCOCCOCCOCCC(=O)N1C[C@H](C(=O)CCCNC(=O)O[C@@H]([C@@H]2OC(C(=O)O)=C[C@H](N=C(N)N)[C@H]2NC(C)=O)[C@H](O)CO)[C@H](C(=O)CCCNC(=O)O[C@@H]([C@@H]2OC(C(=O)O)=C[C@H](N=C(N)N)[C@H]2C)[C@H](O)CO)C1. The number of carboxylic acid groups (broad SMARTS) is 2. The van der Waals surface area contributed by atoms with Gasteiger partial charge in [-0.15, -0.1) is 6.42 Å². The summed E-state index contributed by atoms with van der Waals surface area (Å²) in [5, 5.41) is 67.8. The maximum absolute atomic E-state index is 13.9. The van der Waals surface area contributed by atoms with E-state index in [1.807, 2.05) is 0 Å². The van der Waals surface area contributed by atoms with Crippen molar-refractivity contribution in [1.29, 1.82) is 0 Å². The van der Waals surface area contributed by atoms with Gasteiger partial charge in [0.05, 0.1) is 84.0 Å². The van der Waals surface area contributed by atoms with E-state index in [2.05, 4.69) is 31.9 Å². The van der Waals surface area contributed by atoms with E-state index in [0.717, 1.165) is 19.1 Å². The van der Waals surface area contributed by atoms with Gasteiger partial charge < -0.3 is 112 Å². The first-order valence-electron chi connectivity index (χ1n) is 25.8.